The van der Waals surface area contributed by atoms with E-state index in [-0.39, 0.29) is 5.97 Å². The van der Waals surface area contributed by atoms with Crippen molar-refractivity contribution in [2.75, 3.05) is 26.7 Å². The lowest BCUT2D eigenvalue weighted by atomic mass is 9.91. The second-order valence-corrected chi connectivity index (χ2v) is 8.52. The number of rotatable bonds is 8. The number of aromatic amines is 1. The molecule has 1 N–H and O–H groups in total. The predicted octanol–water partition coefficient (Wildman–Crippen LogP) is 5.23. The molecule has 1 aliphatic heterocycles. The van der Waals surface area contributed by atoms with Gasteiger partial charge in [0.15, 0.2) is 0 Å². The molecular formula is C26H32N2O2. The summed E-state index contributed by atoms with van der Waals surface area (Å²) in [4.78, 5) is 17.8. The Morgan fingerprint density at radius 1 is 1.17 bits per heavy atom. The molecule has 2 aromatic carbocycles. The molecule has 0 amide bonds. The van der Waals surface area contributed by atoms with Crippen LogP contribution in [0.2, 0.25) is 0 Å². The summed E-state index contributed by atoms with van der Waals surface area (Å²) in [6.07, 6.45) is 9.36. The fourth-order valence-electron chi connectivity index (χ4n) is 4.75. The van der Waals surface area contributed by atoms with E-state index < -0.39 is 0 Å². The van der Waals surface area contributed by atoms with E-state index in [0.717, 1.165) is 29.7 Å². The highest BCUT2D eigenvalue weighted by atomic mass is 16.5. The topological polar surface area (TPSA) is 45.3 Å². The Morgan fingerprint density at radius 2 is 2.03 bits per heavy atom. The molecule has 0 aliphatic carbocycles. The number of nitrogens with one attached hydrogen (secondary N) is 1. The SMILES string of the molecule is COC(=O)c1ccc2[nH]cc(CCCCN3CCCC(Cc4ccccc4)C3)c2c1. The van der Waals surface area contributed by atoms with Gasteiger partial charge in [0.2, 0.25) is 0 Å². The molecule has 4 nitrogen and oxygen atoms in total. The molecule has 1 aliphatic rings. The van der Waals surface area contributed by atoms with Crippen LogP contribution >= 0.6 is 0 Å². The second-order valence-electron chi connectivity index (χ2n) is 8.52. The zero-order valence-electron chi connectivity index (χ0n) is 17.9. The van der Waals surface area contributed by atoms with Crippen molar-refractivity contribution in [1.82, 2.24) is 9.88 Å². The number of aryl methyl sites for hydroxylation is 1. The number of hydrogen-bond donors (Lipinski definition) is 1. The summed E-state index contributed by atoms with van der Waals surface area (Å²) in [5, 5.41) is 1.14. The number of carbonyl (C=O) groups is 1. The zero-order valence-corrected chi connectivity index (χ0v) is 17.9. The summed E-state index contributed by atoms with van der Waals surface area (Å²) in [6.45, 7) is 3.65. The molecule has 0 radical (unpaired) electrons. The van der Waals surface area contributed by atoms with Crippen molar-refractivity contribution in [1.29, 1.82) is 0 Å². The number of esters is 1. The van der Waals surface area contributed by atoms with Crippen molar-refractivity contribution in [3.8, 4) is 0 Å². The van der Waals surface area contributed by atoms with Gasteiger partial charge < -0.3 is 14.6 Å². The molecular weight excluding hydrogens is 372 g/mol. The average Bonchev–Trinajstić information content (AvgIpc) is 3.19. The van der Waals surface area contributed by atoms with Gasteiger partial charge in [-0.05, 0) is 86.9 Å². The number of nitrogens with zero attached hydrogens (tertiary/aromatic N) is 1. The lowest BCUT2D eigenvalue weighted by molar-refractivity contribution is 0.0601. The first kappa shape index (κ1) is 20.7. The van der Waals surface area contributed by atoms with Crippen molar-refractivity contribution in [3.63, 3.8) is 0 Å². The summed E-state index contributed by atoms with van der Waals surface area (Å²) in [5.74, 6) is 0.505. The molecule has 1 unspecified atom stereocenters. The minimum absolute atomic E-state index is 0.279. The maximum absolute atomic E-state index is 11.8. The Balaban J connectivity index is 1.26. The molecule has 30 heavy (non-hydrogen) atoms. The van der Waals surface area contributed by atoms with Gasteiger partial charge in [-0.1, -0.05) is 30.3 Å². The number of carbonyl (C=O) groups excluding carboxylic acids is 1. The highest BCUT2D eigenvalue weighted by molar-refractivity contribution is 5.95. The summed E-state index contributed by atoms with van der Waals surface area (Å²) in [5.41, 5.74) is 4.45. The predicted molar refractivity (Wildman–Crippen MR) is 122 cm³/mol. The summed E-state index contributed by atoms with van der Waals surface area (Å²) in [6, 6.07) is 16.6. The highest BCUT2D eigenvalue weighted by Gasteiger charge is 2.19. The van der Waals surface area contributed by atoms with Crippen LogP contribution < -0.4 is 0 Å². The maximum Gasteiger partial charge on any atom is 0.337 e. The van der Waals surface area contributed by atoms with Crippen LogP contribution in [0.4, 0.5) is 0 Å². The molecule has 1 fully saturated rings. The summed E-state index contributed by atoms with van der Waals surface area (Å²) < 4.78 is 4.86. The lowest BCUT2D eigenvalue weighted by Crippen LogP contribution is -2.36. The van der Waals surface area contributed by atoms with E-state index >= 15 is 0 Å². The van der Waals surface area contributed by atoms with E-state index in [1.165, 1.54) is 63.6 Å². The van der Waals surface area contributed by atoms with Crippen LogP contribution in [-0.4, -0.2) is 42.6 Å². The molecule has 0 saturated carbocycles. The van der Waals surface area contributed by atoms with Gasteiger partial charge in [-0.2, -0.15) is 0 Å². The van der Waals surface area contributed by atoms with E-state index in [9.17, 15) is 4.79 Å². The van der Waals surface area contributed by atoms with Crippen molar-refractivity contribution >= 4 is 16.9 Å². The van der Waals surface area contributed by atoms with Crippen molar-refractivity contribution < 1.29 is 9.53 Å². The third-order valence-corrected chi connectivity index (χ3v) is 6.33. The van der Waals surface area contributed by atoms with Crippen LogP contribution in [-0.2, 0) is 17.6 Å². The number of methoxy groups -OCH3 is 1. The average molecular weight is 405 g/mol. The van der Waals surface area contributed by atoms with E-state index in [1.807, 2.05) is 18.2 Å². The molecule has 1 saturated heterocycles. The Bertz CT molecular complexity index is 964. The number of hydrogen-bond acceptors (Lipinski definition) is 3. The zero-order chi connectivity index (χ0) is 20.8. The summed E-state index contributed by atoms with van der Waals surface area (Å²) >= 11 is 0. The highest BCUT2D eigenvalue weighted by Crippen LogP contribution is 2.23. The minimum Gasteiger partial charge on any atom is -0.465 e. The number of piperidine rings is 1. The standard InChI is InChI=1S/C26H32N2O2/c1-30-26(29)22-12-13-25-24(17-22)23(18-27-25)11-5-6-14-28-15-7-10-21(19-28)16-20-8-3-2-4-9-20/h2-4,8-9,12-13,17-18,21,27H,5-7,10-11,14-16,19H2,1H3. The van der Waals surface area contributed by atoms with Gasteiger partial charge in [-0.3, -0.25) is 0 Å². The minimum atomic E-state index is -0.279. The number of ether oxygens (including phenoxy) is 1. The number of unbranched alkanes of at least 4 members (excludes halogenated alkanes) is 1. The monoisotopic (exact) mass is 404 g/mol. The quantitative estimate of drug-likeness (QED) is 0.413. The van der Waals surface area contributed by atoms with Crippen LogP contribution in [0.3, 0.4) is 0 Å². The molecule has 158 valence electrons. The van der Waals surface area contributed by atoms with Crippen LogP contribution in [0.1, 0.15) is 47.2 Å². The van der Waals surface area contributed by atoms with Crippen LogP contribution in [0.5, 0.6) is 0 Å². The third-order valence-electron chi connectivity index (χ3n) is 6.33. The number of benzene rings is 2. The lowest BCUT2D eigenvalue weighted by Gasteiger charge is -2.32. The Kier molecular flexibility index (Phi) is 6.85. The van der Waals surface area contributed by atoms with Gasteiger partial charge in [-0.15, -0.1) is 0 Å². The first-order valence-corrected chi connectivity index (χ1v) is 11.2. The molecule has 4 heteroatoms. The van der Waals surface area contributed by atoms with Crippen molar-refractivity contribution in [3.05, 3.63) is 71.4 Å². The van der Waals surface area contributed by atoms with Gasteiger partial charge in [0.25, 0.3) is 0 Å². The summed E-state index contributed by atoms with van der Waals surface area (Å²) in [7, 11) is 1.43. The van der Waals surface area contributed by atoms with Crippen LogP contribution in [0.25, 0.3) is 10.9 Å². The van der Waals surface area contributed by atoms with E-state index in [0.29, 0.717) is 5.56 Å². The smallest absolute Gasteiger partial charge is 0.337 e. The Morgan fingerprint density at radius 3 is 2.87 bits per heavy atom. The fourth-order valence-corrected chi connectivity index (χ4v) is 4.75. The molecule has 3 aromatic rings. The van der Waals surface area contributed by atoms with Gasteiger partial charge in [0.05, 0.1) is 12.7 Å². The largest absolute Gasteiger partial charge is 0.465 e. The second kappa shape index (κ2) is 9.94. The molecule has 0 bridgehead atoms. The number of likely N-dealkylation sites (tertiary alicyclic amines) is 1. The van der Waals surface area contributed by atoms with Crippen molar-refractivity contribution in [2.45, 2.75) is 38.5 Å². The first-order valence-electron chi connectivity index (χ1n) is 11.2. The van der Waals surface area contributed by atoms with Gasteiger partial charge in [0, 0.05) is 23.6 Å². The Hall–Kier alpha value is -2.59. The Labute approximate surface area is 179 Å². The van der Waals surface area contributed by atoms with E-state index in [4.69, 9.17) is 4.74 Å². The third kappa shape index (κ3) is 5.11. The molecule has 2 heterocycles. The fraction of sp³-hybridized carbons (Fsp3) is 0.423. The first-order chi connectivity index (χ1) is 14.7. The number of aromatic nitrogens is 1. The molecule has 0 spiro atoms. The molecule has 1 atom stereocenters. The van der Waals surface area contributed by atoms with Gasteiger partial charge >= 0.3 is 5.97 Å². The molecule has 4 rings (SSSR count). The van der Waals surface area contributed by atoms with Gasteiger partial charge in [0.1, 0.15) is 0 Å². The number of fused-ring (bicyclic) bond motifs is 1. The normalized spacial score (nSPS) is 17.3. The maximum atomic E-state index is 11.8. The van der Waals surface area contributed by atoms with E-state index in [1.54, 1.807) is 0 Å². The van der Waals surface area contributed by atoms with Crippen molar-refractivity contribution in [2.24, 2.45) is 5.92 Å². The van der Waals surface area contributed by atoms with E-state index in [2.05, 4.69) is 46.4 Å². The number of H-pyrrole nitrogens is 1. The molecule has 1 aromatic heterocycles. The van der Waals surface area contributed by atoms with Crippen LogP contribution in [0.15, 0.2) is 54.7 Å². The van der Waals surface area contributed by atoms with Crippen LogP contribution in [0, 0.1) is 5.92 Å². The van der Waals surface area contributed by atoms with Gasteiger partial charge in [-0.25, -0.2) is 4.79 Å².